The molecule has 0 aliphatic rings. The highest BCUT2D eigenvalue weighted by Gasteiger charge is 2.12. The molecule has 2 atom stereocenters. The molecule has 0 aromatic carbocycles. The van der Waals surface area contributed by atoms with E-state index in [9.17, 15) is 0 Å². The quantitative estimate of drug-likeness (QED) is 0.763. The van der Waals surface area contributed by atoms with Crippen molar-refractivity contribution in [1.29, 1.82) is 0 Å². The van der Waals surface area contributed by atoms with E-state index in [1.807, 2.05) is 4.68 Å². The van der Waals surface area contributed by atoms with Crippen LogP contribution < -0.4 is 0 Å². The van der Waals surface area contributed by atoms with Gasteiger partial charge in [0.15, 0.2) is 0 Å². The van der Waals surface area contributed by atoms with Gasteiger partial charge >= 0.3 is 0 Å². The summed E-state index contributed by atoms with van der Waals surface area (Å²) in [7, 11) is 0. The molecule has 1 heterocycles. The molecule has 3 nitrogen and oxygen atoms in total. The monoisotopic (exact) mass is 245 g/mol. The molecule has 4 heteroatoms. The van der Waals surface area contributed by atoms with Crippen molar-refractivity contribution in [3.8, 4) is 0 Å². The molecule has 0 saturated carbocycles. The average molecular weight is 246 g/mol. The molecule has 1 aromatic rings. The largest absolute Gasteiger partial charge is 0.250 e. The van der Waals surface area contributed by atoms with Crippen LogP contribution in [0, 0.1) is 5.92 Å². The number of aryl methyl sites for hydroxylation is 1. The normalized spacial score (nSPS) is 15.7. The number of halogens is 1. The van der Waals surface area contributed by atoms with E-state index in [4.69, 9.17) is 0 Å². The van der Waals surface area contributed by atoms with Crippen LogP contribution in [0.5, 0.6) is 0 Å². The Kier molecular flexibility index (Phi) is 3.90. The van der Waals surface area contributed by atoms with Gasteiger partial charge in [0.2, 0.25) is 0 Å². The van der Waals surface area contributed by atoms with Crippen molar-refractivity contribution in [3.05, 3.63) is 12.2 Å². The smallest absolute Gasteiger partial charge is 0.138 e. The Bertz CT molecular complexity index is 257. The Morgan fingerprint density at radius 3 is 2.77 bits per heavy atom. The highest BCUT2D eigenvalue weighted by Crippen LogP contribution is 2.15. The second kappa shape index (κ2) is 4.74. The number of rotatable bonds is 4. The molecule has 0 spiro atoms. The van der Waals surface area contributed by atoms with Crippen LogP contribution in [0.15, 0.2) is 6.33 Å². The molecule has 2 unspecified atom stereocenters. The summed E-state index contributed by atoms with van der Waals surface area (Å²) in [5.41, 5.74) is 0. The molecule has 0 radical (unpaired) electrons. The molecule has 0 N–H and O–H groups in total. The Labute approximate surface area is 87.7 Å². The molecular formula is C9H16BrN3. The van der Waals surface area contributed by atoms with Gasteiger partial charge in [-0.05, 0) is 12.8 Å². The van der Waals surface area contributed by atoms with Gasteiger partial charge in [-0.25, -0.2) is 4.98 Å². The maximum Gasteiger partial charge on any atom is 0.138 e. The first-order chi connectivity index (χ1) is 6.15. The van der Waals surface area contributed by atoms with E-state index in [1.165, 1.54) is 0 Å². The maximum atomic E-state index is 4.24. The first-order valence-electron chi connectivity index (χ1n) is 4.65. The number of alkyl halides is 1. The van der Waals surface area contributed by atoms with Gasteiger partial charge in [-0.1, -0.05) is 29.8 Å². The third-order valence-corrected chi connectivity index (χ3v) is 3.19. The zero-order valence-electron chi connectivity index (χ0n) is 8.37. The number of aromatic nitrogens is 3. The van der Waals surface area contributed by atoms with Crippen LogP contribution in [0.1, 0.15) is 26.6 Å². The fourth-order valence-corrected chi connectivity index (χ4v) is 1.35. The van der Waals surface area contributed by atoms with Gasteiger partial charge < -0.3 is 0 Å². The maximum absolute atomic E-state index is 4.24. The van der Waals surface area contributed by atoms with Crippen LogP contribution in [0.2, 0.25) is 0 Å². The SMILES string of the molecule is CCn1ncnc1CC(C)C(C)Br. The molecule has 0 aliphatic heterocycles. The molecule has 13 heavy (non-hydrogen) atoms. The van der Waals surface area contributed by atoms with Crippen LogP contribution in [0.25, 0.3) is 0 Å². The zero-order chi connectivity index (χ0) is 9.84. The van der Waals surface area contributed by atoms with Crippen molar-refractivity contribution in [3.63, 3.8) is 0 Å². The van der Waals surface area contributed by atoms with Crippen LogP contribution in [-0.4, -0.2) is 19.6 Å². The van der Waals surface area contributed by atoms with E-state index in [-0.39, 0.29) is 0 Å². The lowest BCUT2D eigenvalue weighted by atomic mass is 10.1. The van der Waals surface area contributed by atoms with E-state index in [1.54, 1.807) is 6.33 Å². The second-order valence-corrected chi connectivity index (χ2v) is 4.80. The lowest BCUT2D eigenvalue weighted by Gasteiger charge is -2.13. The molecular weight excluding hydrogens is 230 g/mol. The Hall–Kier alpha value is -0.380. The van der Waals surface area contributed by atoms with Crippen LogP contribution >= 0.6 is 15.9 Å². The van der Waals surface area contributed by atoms with Gasteiger partial charge in [-0.3, -0.25) is 4.68 Å². The van der Waals surface area contributed by atoms with Crippen molar-refractivity contribution < 1.29 is 0 Å². The van der Waals surface area contributed by atoms with Crippen LogP contribution in [-0.2, 0) is 13.0 Å². The highest BCUT2D eigenvalue weighted by atomic mass is 79.9. The molecule has 0 aliphatic carbocycles. The summed E-state index contributed by atoms with van der Waals surface area (Å²) in [6, 6.07) is 0. The summed E-state index contributed by atoms with van der Waals surface area (Å²) in [6.07, 6.45) is 2.62. The Morgan fingerprint density at radius 2 is 2.23 bits per heavy atom. The van der Waals surface area contributed by atoms with E-state index >= 15 is 0 Å². The molecule has 0 fully saturated rings. The first-order valence-corrected chi connectivity index (χ1v) is 5.57. The summed E-state index contributed by atoms with van der Waals surface area (Å²) >= 11 is 3.57. The zero-order valence-corrected chi connectivity index (χ0v) is 9.95. The van der Waals surface area contributed by atoms with E-state index in [0.29, 0.717) is 10.7 Å². The van der Waals surface area contributed by atoms with Gasteiger partial charge in [-0.15, -0.1) is 0 Å². The van der Waals surface area contributed by atoms with Crippen molar-refractivity contribution in [2.24, 2.45) is 5.92 Å². The Morgan fingerprint density at radius 1 is 1.54 bits per heavy atom. The third kappa shape index (κ3) is 2.79. The standard InChI is InChI=1S/C9H16BrN3/c1-4-13-9(11-6-12-13)5-7(2)8(3)10/h6-8H,4-5H2,1-3H3. The lowest BCUT2D eigenvalue weighted by molar-refractivity contribution is 0.522. The minimum atomic E-state index is 0.523. The molecule has 1 aromatic heterocycles. The summed E-state index contributed by atoms with van der Waals surface area (Å²) in [4.78, 5) is 4.76. The molecule has 1 rings (SSSR count). The topological polar surface area (TPSA) is 30.7 Å². The predicted molar refractivity (Wildman–Crippen MR) is 57.0 cm³/mol. The second-order valence-electron chi connectivity index (χ2n) is 3.35. The van der Waals surface area contributed by atoms with E-state index in [0.717, 1.165) is 18.8 Å². The summed E-state index contributed by atoms with van der Waals surface area (Å²) < 4.78 is 1.95. The average Bonchev–Trinajstić information content (AvgIpc) is 2.51. The van der Waals surface area contributed by atoms with Gasteiger partial charge in [0.05, 0.1) is 0 Å². The van der Waals surface area contributed by atoms with Gasteiger partial charge in [0.25, 0.3) is 0 Å². The third-order valence-electron chi connectivity index (χ3n) is 2.28. The van der Waals surface area contributed by atoms with Crippen molar-refractivity contribution in [1.82, 2.24) is 14.8 Å². The van der Waals surface area contributed by atoms with Gasteiger partial charge in [0.1, 0.15) is 12.2 Å². The molecule has 74 valence electrons. The number of nitrogens with zero attached hydrogens (tertiary/aromatic N) is 3. The van der Waals surface area contributed by atoms with Crippen molar-refractivity contribution in [2.45, 2.75) is 38.6 Å². The van der Waals surface area contributed by atoms with Crippen LogP contribution in [0.4, 0.5) is 0 Å². The van der Waals surface area contributed by atoms with Crippen LogP contribution in [0.3, 0.4) is 0 Å². The summed E-state index contributed by atoms with van der Waals surface area (Å²) in [5, 5.41) is 4.14. The van der Waals surface area contributed by atoms with Gasteiger partial charge in [0, 0.05) is 17.8 Å². The lowest BCUT2D eigenvalue weighted by Crippen LogP contribution is -2.14. The summed E-state index contributed by atoms with van der Waals surface area (Å²) in [6.45, 7) is 7.37. The van der Waals surface area contributed by atoms with E-state index in [2.05, 4.69) is 46.8 Å². The highest BCUT2D eigenvalue weighted by molar-refractivity contribution is 9.09. The summed E-state index contributed by atoms with van der Waals surface area (Å²) in [5.74, 6) is 1.68. The number of hydrogen-bond acceptors (Lipinski definition) is 2. The van der Waals surface area contributed by atoms with Gasteiger partial charge in [-0.2, -0.15) is 5.10 Å². The first kappa shape index (κ1) is 10.7. The minimum Gasteiger partial charge on any atom is -0.250 e. The van der Waals surface area contributed by atoms with E-state index < -0.39 is 0 Å². The fourth-order valence-electron chi connectivity index (χ4n) is 1.16. The van der Waals surface area contributed by atoms with Crippen molar-refractivity contribution >= 4 is 15.9 Å². The molecule has 0 amide bonds. The fraction of sp³-hybridized carbons (Fsp3) is 0.778. The van der Waals surface area contributed by atoms with Crippen molar-refractivity contribution in [2.75, 3.05) is 0 Å². The predicted octanol–water partition coefficient (Wildman–Crippen LogP) is 2.26. The molecule has 0 bridgehead atoms. The Balaban J connectivity index is 2.62. The molecule has 0 saturated heterocycles. The number of hydrogen-bond donors (Lipinski definition) is 0. The minimum absolute atomic E-state index is 0.523.